The van der Waals surface area contributed by atoms with Gasteiger partial charge < -0.3 is 0 Å². The van der Waals surface area contributed by atoms with Crippen LogP contribution in [0.4, 0.5) is 0 Å². The average molecular weight is 239 g/mol. The van der Waals surface area contributed by atoms with Gasteiger partial charge >= 0.3 is 0 Å². The van der Waals surface area contributed by atoms with Crippen LogP contribution in [0.1, 0.15) is 39.7 Å². The van der Waals surface area contributed by atoms with Crippen LogP contribution in [0.2, 0.25) is 0 Å². The van der Waals surface area contributed by atoms with E-state index in [1.807, 2.05) is 51.1 Å². The van der Waals surface area contributed by atoms with E-state index in [-0.39, 0.29) is 5.78 Å². The van der Waals surface area contributed by atoms with Crippen LogP contribution in [0.15, 0.2) is 36.5 Å². The van der Waals surface area contributed by atoms with Crippen LogP contribution in [0, 0.1) is 13.8 Å². The Labute approximate surface area is 108 Å². The largest absolute Gasteiger partial charge is 0.287 e. The average Bonchev–Trinajstić information content (AvgIpc) is 2.41. The fourth-order valence-electron chi connectivity index (χ4n) is 1.95. The summed E-state index contributed by atoms with van der Waals surface area (Å²) in [6, 6.07) is 9.62. The fourth-order valence-corrected chi connectivity index (χ4v) is 1.95. The maximum absolute atomic E-state index is 12.4. The Hall–Kier alpha value is -1.96. The molecule has 92 valence electrons. The highest BCUT2D eigenvalue weighted by atomic mass is 16.1. The molecule has 1 aromatic heterocycles. The molecule has 0 atom stereocenters. The summed E-state index contributed by atoms with van der Waals surface area (Å²) in [5.74, 6) is 0.00977. The second-order valence-electron chi connectivity index (χ2n) is 4.49. The maximum atomic E-state index is 12.4. The summed E-state index contributed by atoms with van der Waals surface area (Å²) in [6.45, 7) is 6.10. The van der Waals surface area contributed by atoms with Gasteiger partial charge in [-0.25, -0.2) is 0 Å². The smallest absolute Gasteiger partial charge is 0.211 e. The molecular weight excluding hydrogens is 222 g/mol. The third kappa shape index (κ3) is 2.33. The standard InChI is InChI=1S/C16H17NO/c1-4-13-6-5-9-17-15(13)16(18)14-8-7-11(2)12(3)10-14/h5-10H,4H2,1-3H3. The Bertz CT molecular complexity index is 587. The summed E-state index contributed by atoms with van der Waals surface area (Å²) >= 11 is 0. The molecule has 2 rings (SSSR count). The van der Waals surface area contributed by atoms with Crippen molar-refractivity contribution in [3.8, 4) is 0 Å². The molecule has 0 aliphatic heterocycles. The Morgan fingerprint density at radius 2 is 1.94 bits per heavy atom. The maximum Gasteiger partial charge on any atom is 0.211 e. The summed E-state index contributed by atoms with van der Waals surface area (Å²) in [4.78, 5) is 16.7. The van der Waals surface area contributed by atoms with Gasteiger partial charge in [-0.3, -0.25) is 9.78 Å². The first kappa shape index (κ1) is 12.5. The molecule has 18 heavy (non-hydrogen) atoms. The zero-order valence-corrected chi connectivity index (χ0v) is 11.0. The molecule has 0 aliphatic rings. The Morgan fingerprint density at radius 1 is 1.17 bits per heavy atom. The van der Waals surface area contributed by atoms with E-state index < -0.39 is 0 Å². The van der Waals surface area contributed by atoms with Gasteiger partial charge in [-0.1, -0.05) is 25.1 Å². The van der Waals surface area contributed by atoms with Crippen LogP contribution < -0.4 is 0 Å². The van der Waals surface area contributed by atoms with Crippen molar-refractivity contribution in [2.45, 2.75) is 27.2 Å². The van der Waals surface area contributed by atoms with Crippen molar-refractivity contribution in [2.75, 3.05) is 0 Å². The van der Waals surface area contributed by atoms with Gasteiger partial charge in [0, 0.05) is 11.8 Å². The van der Waals surface area contributed by atoms with E-state index in [2.05, 4.69) is 4.98 Å². The van der Waals surface area contributed by atoms with Crippen LogP contribution >= 0.6 is 0 Å². The van der Waals surface area contributed by atoms with Gasteiger partial charge in [0.15, 0.2) is 0 Å². The van der Waals surface area contributed by atoms with E-state index in [4.69, 9.17) is 0 Å². The van der Waals surface area contributed by atoms with Gasteiger partial charge in [0.1, 0.15) is 5.69 Å². The minimum Gasteiger partial charge on any atom is -0.287 e. The van der Waals surface area contributed by atoms with E-state index >= 15 is 0 Å². The summed E-state index contributed by atoms with van der Waals surface area (Å²) in [5, 5.41) is 0. The minimum absolute atomic E-state index is 0.00977. The predicted molar refractivity (Wildman–Crippen MR) is 73.0 cm³/mol. The highest BCUT2D eigenvalue weighted by Crippen LogP contribution is 2.16. The lowest BCUT2D eigenvalue weighted by molar-refractivity contribution is 0.103. The lowest BCUT2D eigenvalue weighted by Crippen LogP contribution is -2.08. The molecule has 1 aromatic carbocycles. The number of pyridine rings is 1. The Morgan fingerprint density at radius 3 is 2.61 bits per heavy atom. The number of nitrogens with zero attached hydrogens (tertiary/aromatic N) is 1. The van der Waals surface area contributed by atoms with Gasteiger partial charge in [-0.05, 0) is 49.1 Å². The van der Waals surface area contributed by atoms with Crippen molar-refractivity contribution in [1.82, 2.24) is 4.98 Å². The van der Waals surface area contributed by atoms with Crippen molar-refractivity contribution >= 4 is 5.78 Å². The third-order valence-electron chi connectivity index (χ3n) is 3.26. The van der Waals surface area contributed by atoms with Crippen molar-refractivity contribution in [3.63, 3.8) is 0 Å². The fraction of sp³-hybridized carbons (Fsp3) is 0.250. The predicted octanol–water partition coefficient (Wildman–Crippen LogP) is 3.49. The van der Waals surface area contributed by atoms with Crippen LogP contribution in [-0.4, -0.2) is 10.8 Å². The molecule has 2 aromatic rings. The van der Waals surface area contributed by atoms with Gasteiger partial charge in [0.05, 0.1) is 0 Å². The Balaban J connectivity index is 2.44. The molecule has 0 bridgehead atoms. The molecule has 0 fully saturated rings. The minimum atomic E-state index is 0.00977. The molecule has 0 aliphatic carbocycles. The van der Waals surface area contributed by atoms with E-state index in [0.717, 1.165) is 17.5 Å². The molecule has 0 saturated carbocycles. The highest BCUT2D eigenvalue weighted by Gasteiger charge is 2.14. The van der Waals surface area contributed by atoms with E-state index in [1.165, 1.54) is 5.56 Å². The molecule has 0 spiro atoms. The lowest BCUT2D eigenvalue weighted by atomic mass is 9.99. The summed E-state index contributed by atoms with van der Waals surface area (Å²) in [5.41, 5.74) is 4.62. The second kappa shape index (κ2) is 5.13. The molecule has 1 heterocycles. The van der Waals surface area contributed by atoms with Gasteiger partial charge in [0.2, 0.25) is 5.78 Å². The van der Waals surface area contributed by atoms with Crippen LogP contribution in [0.5, 0.6) is 0 Å². The molecule has 0 saturated heterocycles. The number of aryl methyl sites for hydroxylation is 3. The Kier molecular flexibility index (Phi) is 3.56. The first-order valence-electron chi connectivity index (χ1n) is 6.19. The molecule has 0 N–H and O–H groups in total. The summed E-state index contributed by atoms with van der Waals surface area (Å²) < 4.78 is 0. The van der Waals surface area contributed by atoms with E-state index in [0.29, 0.717) is 11.3 Å². The molecule has 2 heteroatoms. The molecule has 0 amide bonds. The number of carbonyl (C=O) groups excluding carboxylic acids is 1. The summed E-state index contributed by atoms with van der Waals surface area (Å²) in [7, 11) is 0. The van der Waals surface area contributed by atoms with Crippen LogP contribution in [0.25, 0.3) is 0 Å². The van der Waals surface area contributed by atoms with Crippen molar-refractivity contribution < 1.29 is 4.79 Å². The number of ketones is 1. The highest BCUT2D eigenvalue weighted by molar-refractivity contribution is 6.08. The first-order valence-corrected chi connectivity index (χ1v) is 6.19. The van der Waals surface area contributed by atoms with E-state index in [9.17, 15) is 4.79 Å². The number of hydrogen-bond acceptors (Lipinski definition) is 2. The number of benzene rings is 1. The van der Waals surface area contributed by atoms with E-state index in [1.54, 1.807) is 6.20 Å². The number of aromatic nitrogens is 1. The topological polar surface area (TPSA) is 30.0 Å². The summed E-state index contributed by atoms with van der Waals surface area (Å²) in [6.07, 6.45) is 2.49. The molecule has 0 radical (unpaired) electrons. The van der Waals surface area contributed by atoms with Crippen LogP contribution in [-0.2, 0) is 6.42 Å². The first-order chi connectivity index (χ1) is 8.63. The second-order valence-corrected chi connectivity index (χ2v) is 4.49. The molecule has 0 unspecified atom stereocenters. The number of carbonyl (C=O) groups is 1. The van der Waals surface area contributed by atoms with Crippen molar-refractivity contribution in [3.05, 3.63) is 64.5 Å². The SMILES string of the molecule is CCc1cccnc1C(=O)c1ccc(C)c(C)c1. The third-order valence-corrected chi connectivity index (χ3v) is 3.26. The van der Waals surface area contributed by atoms with Gasteiger partial charge in [-0.2, -0.15) is 0 Å². The normalized spacial score (nSPS) is 10.4. The van der Waals surface area contributed by atoms with Gasteiger partial charge in [-0.15, -0.1) is 0 Å². The monoisotopic (exact) mass is 239 g/mol. The van der Waals surface area contributed by atoms with Crippen molar-refractivity contribution in [2.24, 2.45) is 0 Å². The zero-order chi connectivity index (χ0) is 13.1. The number of hydrogen-bond donors (Lipinski definition) is 0. The van der Waals surface area contributed by atoms with Gasteiger partial charge in [0.25, 0.3) is 0 Å². The molecular formula is C16H17NO. The quantitative estimate of drug-likeness (QED) is 0.767. The zero-order valence-electron chi connectivity index (χ0n) is 11.0. The number of rotatable bonds is 3. The van der Waals surface area contributed by atoms with Crippen LogP contribution in [0.3, 0.4) is 0 Å². The lowest BCUT2D eigenvalue weighted by Gasteiger charge is -2.07. The van der Waals surface area contributed by atoms with Crippen molar-refractivity contribution in [1.29, 1.82) is 0 Å². The molecule has 2 nitrogen and oxygen atoms in total.